The van der Waals surface area contributed by atoms with Crippen molar-refractivity contribution in [3.8, 4) is 11.5 Å². The monoisotopic (exact) mass is 438 g/mol. The molecule has 1 aliphatic heterocycles. The molecule has 1 heterocycles. The largest absolute Gasteiger partial charge is 0.493 e. The first-order valence-corrected chi connectivity index (χ1v) is 9.80. The number of amides is 1. The van der Waals surface area contributed by atoms with Crippen LogP contribution < -0.4 is 9.47 Å². The van der Waals surface area contributed by atoms with Gasteiger partial charge < -0.3 is 23.8 Å². The minimum atomic E-state index is -1.17. The first kappa shape index (κ1) is 23.9. The minimum Gasteiger partial charge on any atom is -0.493 e. The van der Waals surface area contributed by atoms with Crippen LogP contribution >= 0.6 is 0 Å². The number of hydrogen-bond acceptors (Lipinski definition) is 9. The van der Waals surface area contributed by atoms with Crippen molar-refractivity contribution in [3.63, 3.8) is 0 Å². The average Bonchev–Trinajstić information content (AvgIpc) is 2.77. The Hall–Kier alpha value is -3.37. The fraction of sp³-hybridized carbons (Fsp3) is 0.550. The molecule has 1 saturated heterocycles. The smallest absolute Gasteiger partial charge is 0.346 e. The number of benzene rings is 1. The van der Waals surface area contributed by atoms with E-state index in [0.717, 1.165) is 12.1 Å². The van der Waals surface area contributed by atoms with Crippen LogP contribution in [0.3, 0.4) is 0 Å². The molecule has 0 bridgehead atoms. The van der Waals surface area contributed by atoms with E-state index in [-0.39, 0.29) is 28.9 Å². The van der Waals surface area contributed by atoms with Gasteiger partial charge in [-0.2, -0.15) is 0 Å². The summed E-state index contributed by atoms with van der Waals surface area (Å²) in [4.78, 5) is 49.2. The number of esters is 2. The van der Waals surface area contributed by atoms with Crippen LogP contribution in [0.4, 0.5) is 5.69 Å². The normalized spacial score (nSPS) is 15.0. The zero-order valence-electron chi connectivity index (χ0n) is 17.9. The number of nitro benzene ring substituents is 1. The molecule has 0 saturated carbocycles. The van der Waals surface area contributed by atoms with E-state index in [1.807, 2.05) is 0 Å². The Bertz CT molecular complexity index is 847. The van der Waals surface area contributed by atoms with E-state index in [4.69, 9.17) is 18.9 Å². The second kappa shape index (κ2) is 10.6. The van der Waals surface area contributed by atoms with Crippen LogP contribution in [0.5, 0.6) is 11.5 Å². The van der Waals surface area contributed by atoms with Gasteiger partial charge >= 0.3 is 11.9 Å². The summed E-state index contributed by atoms with van der Waals surface area (Å²) < 4.78 is 20.3. The quantitative estimate of drug-likeness (QED) is 0.339. The SMILES string of the molecule is CCOC(=O)C1CCN(C(=O)C(C)OC(=O)c2cc(OC)c(OC)cc2[N+](=O)[O-])CC1. The van der Waals surface area contributed by atoms with Crippen molar-refractivity contribution < 1.29 is 38.3 Å². The molecule has 1 aromatic rings. The van der Waals surface area contributed by atoms with E-state index in [2.05, 4.69) is 0 Å². The Labute approximate surface area is 179 Å². The number of ether oxygens (including phenoxy) is 4. The van der Waals surface area contributed by atoms with Gasteiger partial charge in [0.1, 0.15) is 5.56 Å². The minimum absolute atomic E-state index is 0.0827. The molecule has 0 aliphatic carbocycles. The number of rotatable bonds is 8. The van der Waals surface area contributed by atoms with E-state index in [1.54, 1.807) is 6.92 Å². The number of nitro groups is 1. The molecule has 1 aliphatic rings. The van der Waals surface area contributed by atoms with Crippen molar-refractivity contribution in [2.24, 2.45) is 5.92 Å². The third-order valence-corrected chi connectivity index (χ3v) is 4.98. The number of hydrogen-bond donors (Lipinski definition) is 0. The van der Waals surface area contributed by atoms with Gasteiger partial charge in [0.05, 0.1) is 37.7 Å². The maximum atomic E-state index is 12.7. The number of carbonyl (C=O) groups is 3. The van der Waals surface area contributed by atoms with E-state index in [9.17, 15) is 24.5 Å². The predicted molar refractivity (Wildman–Crippen MR) is 107 cm³/mol. The van der Waals surface area contributed by atoms with Gasteiger partial charge in [0.25, 0.3) is 11.6 Å². The third-order valence-electron chi connectivity index (χ3n) is 4.98. The molecule has 1 amide bonds. The van der Waals surface area contributed by atoms with E-state index in [1.165, 1.54) is 26.0 Å². The second-order valence-electron chi connectivity index (χ2n) is 6.88. The number of nitrogens with zero attached hydrogens (tertiary/aromatic N) is 2. The Morgan fingerprint density at radius 3 is 2.26 bits per heavy atom. The highest BCUT2D eigenvalue weighted by molar-refractivity contribution is 5.96. The predicted octanol–water partition coefficient (Wildman–Crippen LogP) is 1.96. The van der Waals surface area contributed by atoms with Crippen molar-refractivity contribution in [3.05, 3.63) is 27.8 Å². The van der Waals surface area contributed by atoms with Crippen molar-refractivity contribution in [1.29, 1.82) is 0 Å². The Kier molecular flexibility index (Phi) is 8.17. The van der Waals surface area contributed by atoms with Gasteiger partial charge in [-0.25, -0.2) is 4.79 Å². The lowest BCUT2D eigenvalue weighted by Gasteiger charge is -2.32. The van der Waals surface area contributed by atoms with Gasteiger partial charge in [-0.05, 0) is 26.7 Å². The topological polar surface area (TPSA) is 135 Å². The van der Waals surface area contributed by atoms with Crippen LogP contribution in [-0.4, -0.2) is 67.7 Å². The molecule has 31 heavy (non-hydrogen) atoms. The summed E-state index contributed by atoms with van der Waals surface area (Å²) in [5.41, 5.74) is -0.888. The molecule has 1 atom stereocenters. The number of methoxy groups -OCH3 is 2. The molecule has 0 N–H and O–H groups in total. The molecule has 170 valence electrons. The summed E-state index contributed by atoms with van der Waals surface area (Å²) in [5.74, 6) is -1.83. The van der Waals surface area contributed by atoms with Crippen LogP contribution in [0.2, 0.25) is 0 Å². The molecule has 11 nitrogen and oxygen atoms in total. The molecule has 0 radical (unpaired) electrons. The van der Waals surface area contributed by atoms with Crippen molar-refractivity contribution >= 4 is 23.5 Å². The molecule has 0 aromatic heterocycles. The van der Waals surface area contributed by atoms with Crippen LogP contribution in [0.15, 0.2) is 12.1 Å². The maximum Gasteiger partial charge on any atom is 0.346 e. The van der Waals surface area contributed by atoms with Gasteiger partial charge in [0.15, 0.2) is 17.6 Å². The second-order valence-corrected chi connectivity index (χ2v) is 6.88. The Morgan fingerprint density at radius 2 is 1.74 bits per heavy atom. The highest BCUT2D eigenvalue weighted by Crippen LogP contribution is 2.35. The lowest BCUT2D eigenvalue weighted by Crippen LogP contribution is -2.45. The molecular weight excluding hydrogens is 412 g/mol. The van der Waals surface area contributed by atoms with Gasteiger partial charge in [0, 0.05) is 19.2 Å². The van der Waals surface area contributed by atoms with Crippen LogP contribution in [0, 0.1) is 16.0 Å². The first-order valence-electron chi connectivity index (χ1n) is 9.80. The van der Waals surface area contributed by atoms with Gasteiger partial charge in [0.2, 0.25) is 0 Å². The van der Waals surface area contributed by atoms with E-state index < -0.39 is 28.6 Å². The van der Waals surface area contributed by atoms with Crippen molar-refractivity contribution in [1.82, 2.24) is 4.90 Å². The van der Waals surface area contributed by atoms with Gasteiger partial charge in [-0.3, -0.25) is 19.7 Å². The fourth-order valence-electron chi connectivity index (χ4n) is 3.31. The third kappa shape index (κ3) is 5.62. The maximum absolute atomic E-state index is 12.7. The summed E-state index contributed by atoms with van der Waals surface area (Å²) in [7, 11) is 2.64. The Balaban J connectivity index is 2.08. The van der Waals surface area contributed by atoms with Crippen molar-refractivity contribution in [2.75, 3.05) is 33.9 Å². The first-order chi connectivity index (χ1) is 14.7. The average molecular weight is 438 g/mol. The molecular formula is C20H26N2O9. The Morgan fingerprint density at radius 1 is 1.16 bits per heavy atom. The summed E-state index contributed by atoms with van der Waals surface area (Å²) in [6, 6.07) is 2.20. The standard InChI is InChI=1S/C20H26N2O9/c1-5-30-19(24)13-6-8-21(9-7-13)18(23)12(2)31-20(25)14-10-16(28-3)17(29-4)11-15(14)22(26)27/h10-13H,5-9H2,1-4H3. The number of likely N-dealkylation sites (tertiary alicyclic amines) is 1. The van der Waals surface area contributed by atoms with Crippen LogP contribution in [0.1, 0.15) is 37.0 Å². The number of piperidine rings is 1. The van der Waals surface area contributed by atoms with Crippen LogP contribution in [0.25, 0.3) is 0 Å². The summed E-state index contributed by atoms with van der Waals surface area (Å²) in [6.45, 7) is 4.06. The highest BCUT2D eigenvalue weighted by atomic mass is 16.6. The van der Waals surface area contributed by atoms with Crippen LogP contribution in [-0.2, 0) is 19.1 Å². The summed E-state index contributed by atoms with van der Waals surface area (Å²) in [5, 5.41) is 11.4. The van der Waals surface area contributed by atoms with Crippen molar-refractivity contribution in [2.45, 2.75) is 32.8 Å². The fourth-order valence-corrected chi connectivity index (χ4v) is 3.31. The molecule has 2 rings (SSSR count). The lowest BCUT2D eigenvalue weighted by molar-refractivity contribution is -0.385. The van der Waals surface area contributed by atoms with E-state index >= 15 is 0 Å². The summed E-state index contributed by atoms with van der Waals surface area (Å²) >= 11 is 0. The van der Waals surface area contributed by atoms with Gasteiger partial charge in [-0.15, -0.1) is 0 Å². The molecule has 0 spiro atoms. The highest BCUT2D eigenvalue weighted by Gasteiger charge is 2.33. The molecule has 1 fully saturated rings. The zero-order chi connectivity index (χ0) is 23.1. The number of carbonyl (C=O) groups excluding carboxylic acids is 3. The zero-order valence-corrected chi connectivity index (χ0v) is 17.9. The molecule has 11 heteroatoms. The lowest BCUT2D eigenvalue weighted by atomic mass is 9.97. The van der Waals surface area contributed by atoms with E-state index in [0.29, 0.717) is 32.5 Å². The molecule has 1 unspecified atom stereocenters. The summed E-state index contributed by atoms with van der Waals surface area (Å²) in [6.07, 6.45) is -0.266. The molecule has 1 aromatic carbocycles. The van der Waals surface area contributed by atoms with Gasteiger partial charge in [-0.1, -0.05) is 0 Å².